The van der Waals surface area contributed by atoms with E-state index < -0.39 is 16.6 Å². The minimum absolute atomic E-state index is 0.0135. The Hall–Kier alpha value is -3.92. The number of fused-ring (bicyclic) bond motifs is 3. The van der Waals surface area contributed by atoms with E-state index in [4.69, 9.17) is 5.73 Å². The summed E-state index contributed by atoms with van der Waals surface area (Å²) in [5.74, 6) is -1.03. The van der Waals surface area contributed by atoms with E-state index in [-0.39, 0.29) is 35.1 Å². The minimum atomic E-state index is -1.61. The van der Waals surface area contributed by atoms with Crippen molar-refractivity contribution in [2.75, 3.05) is 16.8 Å². The number of carbonyl (C=O) groups is 2. The van der Waals surface area contributed by atoms with Gasteiger partial charge in [-0.25, -0.2) is 4.39 Å². The predicted molar refractivity (Wildman–Crippen MR) is 122 cm³/mol. The largest absolute Gasteiger partial charge is 0.384 e. The van der Waals surface area contributed by atoms with Gasteiger partial charge < -0.3 is 10.6 Å². The first-order chi connectivity index (χ1) is 15.6. The van der Waals surface area contributed by atoms with Crippen LogP contribution in [0.3, 0.4) is 0 Å². The number of ketones is 1. The highest BCUT2D eigenvalue weighted by Crippen LogP contribution is 2.58. The molecule has 2 heterocycles. The Balaban J connectivity index is 1.92. The van der Waals surface area contributed by atoms with Crippen LogP contribution in [0.1, 0.15) is 32.3 Å². The Morgan fingerprint density at radius 2 is 1.82 bits per heavy atom. The molecular weight excluding hydrogens is 419 g/mol. The van der Waals surface area contributed by atoms with Crippen molar-refractivity contribution in [1.82, 2.24) is 0 Å². The molecule has 2 aromatic rings. The molecule has 2 aromatic carbocycles. The van der Waals surface area contributed by atoms with Crippen molar-refractivity contribution in [3.8, 4) is 6.07 Å². The fraction of sp³-hybridized carbons (Fsp3) is 0.269. The number of halogens is 1. The lowest BCUT2D eigenvalue weighted by atomic mass is 9.60. The number of nitrogens with two attached hydrogens (primary N) is 1. The summed E-state index contributed by atoms with van der Waals surface area (Å²) in [6.07, 6.45) is 0.660. The number of hydrogen-bond donors (Lipinski definition) is 1. The molecule has 0 radical (unpaired) electrons. The molecular formula is C26H23FN4O2. The molecule has 166 valence electrons. The number of hydrogen-bond acceptors (Lipinski definition) is 5. The number of nitrogens with zero attached hydrogens (tertiary/aromatic N) is 3. The zero-order valence-electron chi connectivity index (χ0n) is 18.6. The minimum Gasteiger partial charge on any atom is -0.384 e. The summed E-state index contributed by atoms with van der Waals surface area (Å²) in [5.41, 5.74) is 6.99. The highest BCUT2D eigenvalue weighted by molar-refractivity contribution is 6.20. The second kappa shape index (κ2) is 6.79. The predicted octanol–water partition coefficient (Wildman–Crippen LogP) is 3.90. The van der Waals surface area contributed by atoms with Crippen molar-refractivity contribution in [2.24, 2.45) is 11.1 Å². The molecule has 0 saturated carbocycles. The van der Waals surface area contributed by atoms with Gasteiger partial charge in [0.05, 0.1) is 11.3 Å². The van der Waals surface area contributed by atoms with Crippen LogP contribution in [0.4, 0.5) is 15.8 Å². The standard InChI is InChI=1S/C26H23FN4O2/c1-25(2)12-20-22(21(32)13-25)26(17-9-4-5-10-19(17)30(3)24(26)33)18(14-28)23(29)31(20)16-8-6-7-15(27)11-16/h4-11H,12-13,29H2,1-3H3/t26-/m0/s1. The van der Waals surface area contributed by atoms with Crippen LogP contribution in [0.15, 0.2) is 71.2 Å². The zero-order valence-corrected chi connectivity index (χ0v) is 18.6. The second-order valence-corrected chi connectivity index (χ2v) is 9.58. The monoisotopic (exact) mass is 442 g/mol. The lowest BCUT2D eigenvalue weighted by Gasteiger charge is -2.46. The first-order valence-corrected chi connectivity index (χ1v) is 10.7. The summed E-state index contributed by atoms with van der Waals surface area (Å²) >= 11 is 0. The lowest BCUT2D eigenvalue weighted by molar-refractivity contribution is -0.124. The number of benzene rings is 2. The molecule has 5 rings (SSSR count). The van der Waals surface area contributed by atoms with Crippen LogP contribution in [-0.4, -0.2) is 18.7 Å². The van der Waals surface area contributed by atoms with Gasteiger partial charge in [0.1, 0.15) is 23.1 Å². The van der Waals surface area contributed by atoms with Crippen molar-refractivity contribution < 1.29 is 14.0 Å². The number of allylic oxidation sites excluding steroid dienone is 1. The van der Waals surface area contributed by atoms with Gasteiger partial charge >= 0.3 is 0 Å². The summed E-state index contributed by atoms with van der Waals surface area (Å²) < 4.78 is 14.2. The smallest absolute Gasteiger partial charge is 0.247 e. The Bertz CT molecular complexity index is 1350. The molecule has 0 aromatic heterocycles. The third-order valence-electron chi connectivity index (χ3n) is 6.84. The van der Waals surface area contributed by atoms with Gasteiger partial charge in [-0.05, 0) is 36.1 Å². The Morgan fingerprint density at radius 3 is 2.52 bits per heavy atom. The molecule has 3 aliphatic rings. The van der Waals surface area contributed by atoms with Crippen LogP contribution < -0.4 is 15.5 Å². The van der Waals surface area contributed by atoms with Crippen molar-refractivity contribution in [3.63, 3.8) is 0 Å². The molecule has 2 N–H and O–H groups in total. The Kier molecular flexibility index (Phi) is 4.31. The normalized spacial score (nSPS) is 23.7. The second-order valence-electron chi connectivity index (χ2n) is 9.58. The van der Waals surface area contributed by atoms with E-state index >= 15 is 0 Å². The molecule has 33 heavy (non-hydrogen) atoms. The Morgan fingerprint density at radius 1 is 1.09 bits per heavy atom. The quantitative estimate of drug-likeness (QED) is 0.724. The van der Waals surface area contributed by atoms with Gasteiger partial charge in [-0.1, -0.05) is 38.1 Å². The van der Waals surface area contributed by atoms with Gasteiger partial charge in [0.2, 0.25) is 5.91 Å². The van der Waals surface area contributed by atoms with E-state index in [9.17, 15) is 19.2 Å². The van der Waals surface area contributed by atoms with Crippen molar-refractivity contribution in [1.29, 1.82) is 5.26 Å². The summed E-state index contributed by atoms with van der Waals surface area (Å²) in [7, 11) is 1.64. The average molecular weight is 442 g/mol. The number of Topliss-reactive ketones (excluding diaryl/α,β-unsaturated/α-hetero) is 1. The number of anilines is 2. The van der Waals surface area contributed by atoms with Gasteiger partial charge in [-0.3, -0.25) is 14.5 Å². The van der Waals surface area contributed by atoms with Crippen LogP contribution in [-0.2, 0) is 15.0 Å². The topological polar surface area (TPSA) is 90.4 Å². The number of likely N-dealkylation sites (N-methyl/N-ethyl adjacent to an activating group) is 1. The summed E-state index contributed by atoms with van der Waals surface area (Å²) in [4.78, 5) is 30.8. The highest BCUT2D eigenvalue weighted by Gasteiger charge is 2.62. The number of amides is 1. The molecule has 7 heteroatoms. The molecule has 6 nitrogen and oxygen atoms in total. The summed E-state index contributed by atoms with van der Waals surface area (Å²) in [5, 5.41) is 10.3. The first-order valence-electron chi connectivity index (χ1n) is 10.7. The first kappa shape index (κ1) is 21.0. The van der Waals surface area contributed by atoms with Crippen LogP contribution in [0.2, 0.25) is 0 Å². The molecule has 1 amide bonds. The van der Waals surface area contributed by atoms with E-state index in [1.165, 1.54) is 17.0 Å². The van der Waals surface area contributed by atoms with Crippen LogP contribution in [0.5, 0.6) is 0 Å². The van der Waals surface area contributed by atoms with Crippen molar-refractivity contribution in [2.45, 2.75) is 32.1 Å². The maximum Gasteiger partial charge on any atom is 0.247 e. The number of carbonyl (C=O) groups excluding carboxylic acids is 2. The molecule has 1 spiro atoms. The molecule has 1 atom stereocenters. The van der Waals surface area contributed by atoms with E-state index in [0.29, 0.717) is 29.1 Å². The molecule has 2 aliphatic heterocycles. The molecule has 0 saturated heterocycles. The maximum absolute atomic E-state index is 14.2. The molecule has 0 fully saturated rings. The maximum atomic E-state index is 14.2. The zero-order chi connectivity index (χ0) is 23.7. The number of nitriles is 1. The molecule has 0 bridgehead atoms. The molecule has 1 aliphatic carbocycles. The van der Waals surface area contributed by atoms with Crippen LogP contribution in [0.25, 0.3) is 0 Å². The van der Waals surface area contributed by atoms with Gasteiger partial charge in [-0.15, -0.1) is 0 Å². The third kappa shape index (κ3) is 2.64. The van der Waals surface area contributed by atoms with Crippen LogP contribution >= 0.6 is 0 Å². The van der Waals surface area contributed by atoms with E-state index in [2.05, 4.69) is 6.07 Å². The number of rotatable bonds is 1. The van der Waals surface area contributed by atoms with Gasteiger partial charge in [0.25, 0.3) is 0 Å². The van der Waals surface area contributed by atoms with Crippen molar-refractivity contribution in [3.05, 3.63) is 82.6 Å². The summed E-state index contributed by atoms with van der Waals surface area (Å²) in [6, 6.07) is 15.2. The van der Waals surface area contributed by atoms with Gasteiger partial charge in [-0.2, -0.15) is 5.26 Å². The van der Waals surface area contributed by atoms with E-state index in [1.807, 2.05) is 19.9 Å². The Labute approximate surface area is 191 Å². The van der Waals surface area contributed by atoms with Gasteiger partial charge in [0, 0.05) is 36.0 Å². The third-order valence-corrected chi connectivity index (χ3v) is 6.84. The lowest BCUT2D eigenvalue weighted by Crippen LogP contribution is -2.53. The van der Waals surface area contributed by atoms with Crippen molar-refractivity contribution >= 4 is 23.1 Å². The number of para-hydroxylation sites is 1. The van der Waals surface area contributed by atoms with Gasteiger partial charge in [0.15, 0.2) is 5.78 Å². The van der Waals surface area contributed by atoms with E-state index in [0.717, 1.165) is 0 Å². The highest BCUT2D eigenvalue weighted by atomic mass is 19.1. The summed E-state index contributed by atoms with van der Waals surface area (Å²) in [6.45, 7) is 3.95. The fourth-order valence-corrected chi connectivity index (χ4v) is 5.57. The SMILES string of the molecule is CN1C(=O)[C@]2(C(C#N)=C(N)N(c3cccc(F)c3)C3=C2C(=O)CC(C)(C)C3)c2ccccc21. The van der Waals surface area contributed by atoms with Crippen LogP contribution in [0, 0.1) is 22.6 Å². The average Bonchev–Trinajstić information content (AvgIpc) is 2.96. The van der Waals surface area contributed by atoms with E-state index in [1.54, 1.807) is 42.3 Å². The molecule has 0 unspecified atom stereocenters. The fourth-order valence-electron chi connectivity index (χ4n) is 5.57.